The van der Waals surface area contributed by atoms with Gasteiger partial charge >= 0.3 is 0 Å². The second-order valence-corrected chi connectivity index (χ2v) is 6.33. The van der Waals surface area contributed by atoms with Gasteiger partial charge in [-0.1, -0.05) is 27.7 Å². The maximum Gasteiger partial charge on any atom is 0.0626 e. The molecular weight excluding hydrogens is 194 g/mol. The number of hydrogen-bond donors (Lipinski definition) is 2. The van der Waals surface area contributed by atoms with Crippen LogP contribution in [0.1, 0.15) is 34.1 Å². The van der Waals surface area contributed by atoms with Crippen LogP contribution in [0.3, 0.4) is 0 Å². The highest BCUT2D eigenvalue weighted by Crippen LogP contribution is 2.42. The van der Waals surface area contributed by atoms with Crippen LogP contribution < -0.4 is 5.32 Å². The van der Waals surface area contributed by atoms with Crippen molar-refractivity contribution < 1.29 is 5.11 Å². The molecule has 0 aromatic carbocycles. The number of hydrogen-bond acceptors (Lipinski definition) is 3. The third-order valence-corrected chi connectivity index (χ3v) is 4.54. The molecule has 84 valence electrons. The summed E-state index contributed by atoms with van der Waals surface area (Å²) in [6.07, 6.45) is 1.18. The molecule has 2 N–H and O–H groups in total. The minimum absolute atomic E-state index is 0.0932. The molecule has 0 aromatic rings. The zero-order valence-corrected chi connectivity index (χ0v) is 10.6. The first-order chi connectivity index (χ1) is 6.43. The standard InChI is InChI=1S/C11H23NOS/c1-9(2)12-11(7-13)8-14-6-5-10(11,3)4/h9,12-13H,5-8H2,1-4H3. The average Bonchev–Trinajstić information content (AvgIpc) is 2.08. The summed E-state index contributed by atoms with van der Waals surface area (Å²) in [5.41, 5.74) is 0.0986. The van der Waals surface area contributed by atoms with Crippen LogP contribution in [0.4, 0.5) is 0 Å². The first-order valence-electron chi connectivity index (χ1n) is 5.40. The van der Waals surface area contributed by atoms with Crippen molar-refractivity contribution in [3.8, 4) is 0 Å². The van der Waals surface area contributed by atoms with Crippen molar-refractivity contribution >= 4 is 11.8 Å². The second-order valence-electron chi connectivity index (χ2n) is 5.23. The molecule has 1 rings (SSSR count). The van der Waals surface area contributed by atoms with Crippen LogP contribution in [0.25, 0.3) is 0 Å². The Balaban J connectivity index is 2.82. The maximum atomic E-state index is 9.65. The summed E-state index contributed by atoms with van der Waals surface area (Å²) in [7, 11) is 0. The van der Waals surface area contributed by atoms with Crippen LogP contribution in [0.5, 0.6) is 0 Å². The molecule has 2 nitrogen and oxygen atoms in total. The van der Waals surface area contributed by atoms with Crippen LogP contribution >= 0.6 is 11.8 Å². The second kappa shape index (κ2) is 4.42. The third-order valence-electron chi connectivity index (χ3n) is 3.35. The first kappa shape index (κ1) is 12.3. The van der Waals surface area contributed by atoms with Gasteiger partial charge in [-0.15, -0.1) is 0 Å². The monoisotopic (exact) mass is 217 g/mol. The lowest BCUT2D eigenvalue weighted by molar-refractivity contribution is 0.0535. The molecule has 1 fully saturated rings. The van der Waals surface area contributed by atoms with Gasteiger partial charge in [0.1, 0.15) is 0 Å². The van der Waals surface area contributed by atoms with E-state index in [9.17, 15) is 5.11 Å². The fourth-order valence-corrected chi connectivity index (χ4v) is 3.82. The van der Waals surface area contributed by atoms with Crippen LogP contribution in [-0.2, 0) is 0 Å². The average molecular weight is 217 g/mol. The van der Waals surface area contributed by atoms with Gasteiger partial charge in [0.2, 0.25) is 0 Å². The molecule has 0 bridgehead atoms. The minimum atomic E-state index is -0.0932. The highest BCUT2D eigenvalue weighted by Gasteiger charge is 2.46. The van der Waals surface area contributed by atoms with Crippen LogP contribution in [-0.4, -0.2) is 34.8 Å². The summed E-state index contributed by atoms with van der Waals surface area (Å²) in [6.45, 7) is 9.06. The molecule has 0 radical (unpaired) electrons. The summed E-state index contributed by atoms with van der Waals surface area (Å²) < 4.78 is 0. The number of aliphatic hydroxyl groups excluding tert-OH is 1. The number of nitrogens with one attached hydrogen (secondary N) is 1. The zero-order chi connectivity index (χ0) is 10.8. The van der Waals surface area contributed by atoms with Crippen molar-refractivity contribution in [3.05, 3.63) is 0 Å². The van der Waals surface area contributed by atoms with E-state index in [1.165, 1.54) is 12.2 Å². The minimum Gasteiger partial charge on any atom is -0.394 e. The van der Waals surface area contributed by atoms with E-state index in [1.54, 1.807) is 0 Å². The molecule has 1 atom stereocenters. The summed E-state index contributed by atoms with van der Waals surface area (Å²) >= 11 is 1.95. The fourth-order valence-electron chi connectivity index (χ4n) is 2.10. The highest BCUT2D eigenvalue weighted by molar-refractivity contribution is 7.99. The van der Waals surface area contributed by atoms with E-state index >= 15 is 0 Å². The number of aliphatic hydroxyl groups is 1. The van der Waals surface area contributed by atoms with Gasteiger partial charge in [-0.05, 0) is 17.6 Å². The van der Waals surface area contributed by atoms with Gasteiger partial charge in [0.15, 0.2) is 0 Å². The molecule has 3 heteroatoms. The molecule has 0 spiro atoms. The molecule has 1 unspecified atom stereocenters. The SMILES string of the molecule is CC(C)NC1(CO)CSCCC1(C)C. The lowest BCUT2D eigenvalue weighted by atomic mass is 9.71. The Morgan fingerprint density at radius 2 is 2.07 bits per heavy atom. The Bertz CT molecular complexity index is 194. The van der Waals surface area contributed by atoms with Gasteiger partial charge in [0, 0.05) is 11.8 Å². The van der Waals surface area contributed by atoms with E-state index in [2.05, 4.69) is 33.0 Å². The lowest BCUT2D eigenvalue weighted by Crippen LogP contribution is -2.64. The quantitative estimate of drug-likeness (QED) is 0.757. The van der Waals surface area contributed by atoms with E-state index in [0.29, 0.717) is 6.04 Å². The van der Waals surface area contributed by atoms with E-state index in [0.717, 1.165) is 5.75 Å². The van der Waals surface area contributed by atoms with Gasteiger partial charge < -0.3 is 10.4 Å². The summed E-state index contributed by atoms with van der Waals surface area (Å²) in [6, 6.07) is 0.431. The van der Waals surface area contributed by atoms with Crippen LogP contribution in [0.15, 0.2) is 0 Å². The van der Waals surface area contributed by atoms with E-state index in [4.69, 9.17) is 0 Å². The van der Waals surface area contributed by atoms with Crippen molar-refractivity contribution in [2.24, 2.45) is 5.41 Å². The Morgan fingerprint density at radius 3 is 2.50 bits per heavy atom. The Morgan fingerprint density at radius 1 is 1.43 bits per heavy atom. The van der Waals surface area contributed by atoms with Crippen molar-refractivity contribution in [2.45, 2.75) is 45.7 Å². The molecule has 1 aliphatic rings. The molecule has 1 heterocycles. The van der Waals surface area contributed by atoms with Gasteiger partial charge in [0.25, 0.3) is 0 Å². The van der Waals surface area contributed by atoms with Crippen molar-refractivity contribution in [1.29, 1.82) is 0 Å². The molecule has 14 heavy (non-hydrogen) atoms. The van der Waals surface area contributed by atoms with Crippen molar-refractivity contribution in [3.63, 3.8) is 0 Å². The van der Waals surface area contributed by atoms with Crippen LogP contribution in [0, 0.1) is 5.41 Å². The highest BCUT2D eigenvalue weighted by atomic mass is 32.2. The predicted octanol–water partition coefficient (Wildman–Crippen LogP) is 1.88. The van der Waals surface area contributed by atoms with E-state index in [1.807, 2.05) is 11.8 Å². The Labute approximate surface area is 91.9 Å². The van der Waals surface area contributed by atoms with E-state index in [-0.39, 0.29) is 17.6 Å². The largest absolute Gasteiger partial charge is 0.394 e. The Hall–Kier alpha value is 0.270. The molecule has 1 saturated heterocycles. The van der Waals surface area contributed by atoms with Crippen molar-refractivity contribution in [1.82, 2.24) is 5.32 Å². The maximum absolute atomic E-state index is 9.65. The molecule has 0 aromatic heterocycles. The summed E-state index contributed by atoms with van der Waals surface area (Å²) in [5, 5.41) is 13.2. The van der Waals surface area contributed by atoms with Gasteiger partial charge in [-0.2, -0.15) is 11.8 Å². The van der Waals surface area contributed by atoms with Gasteiger partial charge in [-0.25, -0.2) is 0 Å². The van der Waals surface area contributed by atoms with E-state index < -0.39 is 0 Å². The fraction of sp³-hybridized carbons (Fsp3) is 1.00. The topological polar surface area (TPSA) is 32.3 Å². The molecule has 0 saturated carbocycles. The lowest BCUT2D eigenvalue weighted by Gasteiger charge is -2.50. The van der Waals surface area contributed by atoms with Gasteiger partial charge in [0.05, 0.1) is 12.1 Å². The third kappa shape index (κ3) is 2.26. The Kier molecular flexibility index (Phi) is 3.89. The number of rotatable bonds is 3. The molecule has 1 aliphatic heterocycles. The van der Waals surface area contributed by atoms with Crippen molar-refractivity contribution in [2.75, 3.05) is 18.1 Å². The number of thioether (sulfide) groups is 1. The summed E-state index contributed by atoms with van der Waals surface area (Å²) in [5.74, 6) is 2.24. The molecule has 0 aliphatic carbocycles. The van der Waals surface area contributed by atoms with Gasteiger partial charge in [-0.3, -0.25) is 0 Å². The summed E-state index contributed by atoms with van der Waals surface area (Å²) in [4.78, 5) is 0. The first-order valence-corrected chi connectivity index (χ1v) is 6.55. The normalized spacial score (nSPS) is 32.1. The smallest absolute Gasteiger partial charge is 0.0626 e. The zero-order valence-electron chi connectivity index (χ0n) is 9.76. The molecular formula is C11H23NOS. The van der Waals surface area contributed by atoms with Crippen LogP contribution in [0.2, 0.25) is 0 Å². The predicted molar refractivity (Wildman–Crippen MR) is 63.8 cm³/mol. The molecule has 0 amide bonds.